The van der Waals surface area contributed by atoms with E-state index >= 15 is 0 Å². The zero-order valence-electron chi connectivity index (χ0n) is 21.1. The fourth-order valence-corrected chi connectivity index (χ4v) is 5.10. The molecule has 2 amide bonds. The van der Waals surface area contributed by atoms with Crippen LogP contribution in [0.25, 0.3) is 0 Å². The second-order valence-electron chi connectivity index (χ2n) is 9.75. The van der Waals surface area contributed by atoms with Gasteiger partial charge in [0.1, 0.15) is 0 Å². The summed E-state index contributed by atoms with van der Waals surface area (Å²) in [5.74, 6) is -0.0974. The van der Waals surface area contributed by atoms with Crippen molar-refractivity contribution in [2.24, 2.45) is 5.92 Å². The van der Waals surface area contributed by atoms with Gasteiger partial charge in [-0.1, -0.05) is 51.0 Å². The summed E-state index contributed by atoms with van der Waals surface area (Å²) in [5, 5.41) is 6.16. The van der Waals surface area contributed by atoms with E-state index in [0.29, 0.717) is 17.8 Å². The van der Waals surface area contributed by atoms with Crippen molar-refractivity contribution in [3.63, 3.8) is 0 Å². The Balaban J connectivity index is 1.55. The number of nitrogens with one attached hydrogen (secondary N) is 2. The molecule has 188 valence electrons. The minimum absolute atomic E-state index is 0.00925. The molecule has 2 N–H and O–H groups in total. The van der Waals surface area contributed by atoms with Gasteiger partial charge in [0.2, 0.25) is 5.91 Å². The van der Waals surface area contributed by atoms with Gasteiger partial charge in [0.25, 0.3) is 5.91 Å². The third-order valence-corrected chi connectivity index (χ3v) is 7.26. The highest BCUT2D eigenvalue weighted by Crippen LogP contribution is 2.30. The van der Waals surface area contributed by atoms with Crippen LogP contribution in [-0.4, -0.2) is 37.6 Å². The first-order valence-corrected chi connectivity index (χ1v) is 13.3. The standard InChI is InChI=1S/C29H39N3O3/c1-3-5-9-21(4-2)28(33)31-24-13-14-27(32-16-15-22-10-6-7-11-23(22)20-32)26(18-24)29(34)30-19-25-12-8-17-35-25/h6-7,10-11,13-14,18,21,25H,3-5,8-9,12,15-17,19-20H2,1-2H3,(H,30,34)(H,31,33). The van der Waals surface area contributed by atoms with E-state index in [0.717, 1.165) is 70.3 Å². The summed E-state index contributed by atoms with van der Waals surface area (Å²) >= 11 is 0. The second kappa shape index (κ2) is 12.2. The number of nitrogens with zero attached hydrogens (tertiary/aromatic N) is 1. The van der Waals surface area contributed by atoms with Gasteiger partial charge >= 0.3 is 0 Å². The van der Waals surface area contributed by atoms with Gasteiger partial charge in [0.05, 0.1) is 11.7 Å². The van der Waals surface area contributed by atoms with Crippen molar-refractivity contribution >= 4 is 23.2 Å². The zero-order chi connectivity index (χ0) is 24.6. The average molecular weight is 478 g/mol. The Morgan fingerprint density at radius 1 is 1.14 bits per heavy atom. The van der Waals surface area contributed by atoms with Crippen LogP contribution >= 0.6 is 0 Å². The molecule has 0 radical (unpaired) electrons. The molecule has 0 bridgehead atoms. The number of anilines is 2. The van der Waals surface area contributed by atoms with E-state index in [1.165, 1.54) is 11.1 Å². The lowest BCUT2D eigenvalue weighted by Gasteiger charge is -2.32. The Morgan fingerprint density at radius 3 is 2.71 bits per heavy atom. The molecular weight excluding hydrogens is 438 g/mol. The smallest absolute Gasteiger partial charge is 0.253 e. The molecule has 6 heteroatoms. The van der Waals surface area contributed by atoms with Crippen LogP contribution in [0.1, 0.15) is 73.9 Å². The Kier molecular flexibility index (Phi) is 8.80. The molecule has 2 aromatic carbocycles. The first-order chi connectivity index (χ1) is 17.1. The number of fused-ring (bicyclic) bond motifs is 1. The molecule has 6 nitrogen and oxygen atoms in total. The van der Waals surface area contributed by atoms with Crippen LogP contribution in [0.2, 0.25) is 0 Å². The molecule has 1 fully saturated rings. The number of hydrogen-bond donors (Lipinski definition) is 2. The molecule has 0 aliphatic carbocycles. The Bertz CT molecular complexity index is 1020. The highest BCUT2D eigenvalue weighted by molar-refractivity contribution is 6.02. The molecule has 2 unspecified atom stereocenters. The van der Waals surface area contributed by atoms with Gasteiger partial charge < -0.3 is 20.3 Å². The van der Waals surface area contributed by atoms with Crippen LogP contribution in [-0.2, 0) is 22.5 Å². The SMILES string of the molecule is CCCCC(CC)C(=O)Nc1ccc(N2CCc3ccccc3C2)c(C(=O)NCC2CCCO2)c1. The van der Waals surface area contributed by atoms with Gasteiger partial charge in [-0.2, -0.15) is 0 Å². The molecule has 35 heavy (non-hydrogen) atoms. The molecule has 2 atom stereocenters. The Hall–Kier alpha value is -2.86. The fraction of sp³-hybridized carbons (Fsp3) is 0.517. The molecule has 0 aromatic heterocycles. The highest BCUT2D eigenvalue weighted by atomic mass is 16.5. The summed E-state index contributed by atoms with van der Waals surface area (Å²) in [5.41, 5.74) is 4.84. The number of carbonyl (C=O) groups excluding carboxylic acids is 2. The molecule has 1 saturated heterocycles. The van der Waals surface area contributed by atoms with Gasteiger partial charge in [-0.25, -0.2) is 0 Å². The summed E-state index contributed by atoms with van der Waals surface area (Å²) in [6.45, 7) is 7.08. The molecule has 2 heterocycles. The molecule has 2 aliphatic rings. The first kappa shape index (κ1) is 25.2. The number of rotatable bonds is 10. The maximum Gasteiger partial charge on any atom is 0.253 e. The zero-order valence-corrected chi connectivity index (χ0v) is 21.1. The van der Waals surface area contributed by atoms with Crippen molar-refractivity contribution < 1.29 is 14.3 Å². The molecule has 4 rings (SSSR count). The number of carbonyl (C=O) groups is 2. The third kappa shape index (κ3) is 6.43. The minimum Gasteiger partial charge on any atom is -0.376 e. The van der Waals surface area contributed by atoms with Crippen LogP contribution in [0.15, 0.2) is 42.5 Å². The van der Waals surface area contributed by atoms with E-state index < -0.39 is 0 Å². The van der Waals surface area contributed by atoms with Crippen LogP contribution in [0.3, 0.4) is 0 Å². The van der Waals surface area contributed by atoms with Gasteiger partial charge in [-0.3, -0.25) is 9.59 Å². The molecule has 2 aromatic rings. The number of hydrogen-bond acceptors (Lipinski definition) is 4. The van der Waals surface area contributed by atoms with E-state index in [4.69, 9.17) is 4.74 Å². The molecule has 2 aliphatic heterocycles. The summed E-state index contributed by atoms with van der Waals surface area (Å²) in [7, 11) is 0. The highest BCUT2D eigenvalue weighted by Gasteiger charge is 2.24. The number of ether oxygens (including phenoxy) is 1. The summed E-state index contributed by atoms with van der Waals surface area (Å²) in [6.07, 6.45) is 6.85. The van der Waals surface area contributed by atoms with Crippen LogP contribution in [0, 0.1) is 5.92 Å². The van der Waals surface area contributed by atoms with Crippen LogP contribution in [0.4, 0.5) is 11.4 Å². The molecule has 0 saturated carbocycles. The largest absolute Gasteiger partial charge is 0.376 e. The Morgan fingerprint density at radius 2 is 1.97 bits per heavy atom. The van der Waals surface area contributed by atoms with E-state index in [1.807, 2.05) is 18.2 Å². The first-order valence-electron chi connectivity index (χ1n) is 13.3. The van der Waals surface area contributed by atoms with Crippen molar-refractivity contribution in [3.05, 3.63) is 59.2 Å². The fourth-order valence-electron chi connectivity index (χ4n) is 5.10. The van der Waals surface area contributed by atoms with Gasteiger partial charge in [0, 0.05) is 43.5 Å². The van der Waals surface area contributed by atoms with E-state index in [9.17, 15) is 9.59 Å². The lowest BCUT2D eigenvalue weighted by atomic mass is 9.97. The molecule has 0 spiro atoms. The minimum atomic E-state index is -0.122. The van der Waals surface area contributed by atoms with E-state index in [1.54, 1.807) is 0 Å². The normalized spacial score (nSPS) is 18.1. The summed E-state index contributed by atoms with van der Waals surface area (Å²) < 4.78 is 5.69. The van der Waals surface area contributed by atoms with Gasteiger partial charge in [-0.05, 0) is 61.4 Å². The number of unbranched alkanes of at least 4 members (excludes halogenated alkanes) is 1. The van der Waals surface area contributed by atoms with Crippen LogP contribution < -0.4 is 15.5 Å². The number of benzene rings is 2. The topological polar surface area (TPSA) is 70.7 Å². The third-order valence-electron chi connectivity index (χ3n) is 7.26. The van der Waals surface area contributed by atoms with Crippen LogP contribution in [0.5, 0.6) is 0 Å². The van der Waals surface area contributed by atoms with Crippen molar-refractivity contribution in [2.75, 3.05) is 29.9 Å². The van der Waals surface area contributed by atoms with Gasteiger partial charge in [-0.15, -0.1) is 0 Å². The maximum absolute atomic E-state index is 13.4. The van der Waals surface area contributed by atoms with Crippen molar-refractivity contribution in [1.82, 2.24) is 5.32 Å². The predicted molar refractivity (Wildman–Crippen MR) is 141 cm³/mol. The van der Waals surface area contributed by atoms with E-state index in [2.05, 4.69) is 53.6 Å². The monoisotopic (exact) mass is 477 g/mol. The average Bonchev–Trinajstić information content (AvgIpc) is 3.41. The lowest BCUT2D eigenvalue weighted by molar-refractivity contribution is -0.120. The molecular formula is C29H39N3O3. The number of amides is 2. The van der Waals surface area contributed by atoms with E-state index in [-0.39, 0.29) is 23.8 Å². The maximum atomic E-state index is 13.4. The van der Waals surface area contributed by atoms with Crippen molar-refractivity contribution in [2.45, 2.75) is 71.4 Å². The summed E-state index contributed by atoms with van der Waals surface area (Å²) in [4.78, 5) is 28.6. The van der Waals surface area contributed by atoms with Crippen molar-refractivity contribution in [1.29, 1.82) is 0 Å². The second-order valence-corrected chi connectivity index (χ2v) is 9.75. The summed E-state index contributed by atoms with van der Waals surface area (Å²) in [6, 6.07) is 14.2. The Labute approximate surface area is 209 Å². The lowest BCUT2D eigenvalue weighted by Crippen LogP contribution is -2.35. The predicted octanol–water partition coefficient (Wildman–Crippen LogP) is 5.31. The quantitative estimate of drug-likeness (QED) is 0.486. The van der Waals surface area contributed by atoms with Crippen molar-refractivity contribution in [3.8, 4) is 0 Å². The van der Waals surface area contributed by atoms with Gasteiger partial charge in [0.15, 0.2) is 0 Å².